The van der Waals surface area contributed by atoms with E-state index in [2.05, 4.69) is 15.8 Å². The summed E-state index contributed by atoms with van der Waals surface area (Å²) in [6.45, 7) is 2.81. The number of nitrogens with zero attached hydrogens (tertiary/aromatic N) is 1. The zero-order chi connectivity index (χ0) is 20.4. The van der Waals surface area contributed by atoms with Crippen LogP contribution in [-0.4, -0.2) is 24.6 Å². The van der Waals surface area contributed by atoms with Crippen molar-refractivity contribution in [2.45, 2.75) is 26.4 Å². The number of hydrogen-bond acceptors (Lipinski definition) is 4. The lowest BCUT2D eigenvalue weighted by Crippen LogP contribution is -2.38. The first kappa shape index (κ1) is 21.7. The van der Waals surface area contributed by atoms with Crippen LogP contribution in [0.1, 0.15) is 30.9 Å². The molecule has 28 heavy (non-hydrogen) atoms. The van der Waals surface area contributed by atoms with Crippen molar-refractivity contribution >= 4 is 41.2 Å². The largest absolute Gasteiger partial charge is 0.487 e. The van der Waals surface area contributed by atoms with E-state index in [9.17, 15) is 9.59 Å². The Morgan fingerprint density at radius 3 is 2.54 bits per heavy atom. The summed E-state index contributed by atoms with van der Waals surface area (Å²) in [6, 6.07) is 12.4. The van der Waals surface area contributed by atoms with Crippen LogP contribution >= 0.6 is 23.2 Å². The Morgan fingerprint density at radius 1 is 1.11 bits per heavy atom. The van der Waals surface area contributed by atoms with Crippen LogP contribution in [0.2, 0.25) is 10.0 Å². The number of carbonyl (C=O) groups is 2. The van der Waals surface area contributed by atoms with Crippen LogP contribution in [0.5, 0.6) is 5.75 Å². The molecule has 0 saturated heterocycles. The van der Waals surface area contributed by atoms with E-state index in [-0.39, 0.29) is 0 Å². The molecule has 0 saturated carbocycles. The van der Waals surface area contributed by atoms with Crippen LogP contribution in [0.15, 0.2) is 47.6 Å². The molecule has 148 valence electrons. The third-order valence-electron chi connectivity index (χ3n) is 3.67. The van der Waals surface area contributed by atoms with Gasteiger partial charge in [-0.05, 0) is 47.9 Å². The second kappa shape index (κ2) is 11.3. The first-order chi connectivity index (χ1) is 13.5. The van der Waals surface area contributed by atoms with Crippen LogP contribution in [0.4, 0.5) is 0 Å². The average Bonchev–Trinajstić information content (AvgIpc) is 2.68. The molecule has 8 heteroatoms. The summed E-state index contributed by atoms with van der Waals surface area (Å²) >= 11 is 12.1. The molecule has 6 nitrogen and oxygen atoms in total. The lowest BCUT2D eigenvalue weighted by atomic mass is 10.2. The van der Waals surface area contributed by atoms with Crippen LogP contribution in [0.3, 0.4) is 0 Å². The average molecular weight is 422 g/mol. The minimum absolute atomic E-state index is 0.355. The smallest absolute Gasteiger partial charge is 0.329 e. The maximum absolute atomic E-state index is 11.6. The standard InChI is InChI=1S/C20H21Cl2N3O3/c1-2-3-10-23-19(26)20(27)25-24-12-15-6-9-18(17(22)11-15)28-13-14-4-7-16(21)8-5-14/h4-9,11-12H,2-3,10,13H2,1H3,(H,23,26)(H,25,27)/b24-12-. The lowest BCUT2D eigenvalue weighted by Gasteiger charge is -2.09. The second-order valence-electron chi connectivity index (χ2n) is 5.91. The monoisotopic (exact) mass is 421 g/mol. The molecule has 0 spiro atoms. The predicted octanol–water partition coefficient (Wildman–Crippen LogP) is 3.94. The van der Waals surface area contributed by atoms with Crippen molar-refractivity contribution in [3.63, 3.8) is 0 Å². The van der Waals surface area contributed by atoms with Crippen molar-refractivity contribution in [2.24, 2.45) is 5.10 Å². The van der Waals surface area contributed by atoms with Crippen LogP contribution < -0.4 is 15.5 Å². The highest BCUT2D eigenvalue weighted by Crippen LogP contribution is 2.26. The van der Waals surface area contributed by atoms with Gasteiger partial charge in [-0.1, -0.05) is 48.7 Å². The summed E-state index contributed by atoms with van der Waals surface area (Å²) in [5, 5.41) is 7.34. The highest BCUT2D eigenvalue weighted by atomic mass is 35.5. The van der Waals surface area contributed by atoms with E-state index in [1.165, 1.54) is 6.21 Å². The van der Waals surface area contributed by atoms with E-state index in [0.29, 0.717) is 34.5 Å². The Kier molecular flexibility index (Phi) is 8.78. The molecule has 0 heterocycles. The Balaban J connectivity index is 1.85. The number of unbranched alkanes of at least 4 members (excludes halogenated alkanes) is 1. The first-order valence-electron chi connectivity index (χ1n) is 8.77. The third-order valence-corrected chi connectivity index (χ3v) is 4.21. The molecule has 0 bridgehead atoms. The topological polar surface area (TPSA) is 79.8 Å². The van der Waals surface area contributed by atoms with Crippen molar-refractivity contribution in [1.82, 2.24) is 10.7 Å². The fraction of sp³-hybridized carbons (Fsp3) is 0.250. The van der Waals surface area contributed by atoms with Gasteiger partial charge in [0.2, 0.25) is 0 Å². The van der Waals surface area contributed by atoms with Gasteiger partial charge >= 0.3 is 11.8 Å². The van der Waals surface area contributed by atoms with Crippen molar-refractivity contribution in [3.05, 3.63) is 63.6 Å². The summed E-state index contributed by atoms with van der Waals surface area (Å²) in [6.07, 6.45) is 3.14. The van der Waals surface area contributed by atoms with E-state index >= 15 is 0 Å². The summed E-state index contributed by atoms with van der Waals surface area (Å²) < 4.78 is 5.70. The SMILES string of the molecule is CCCCNC(=O)C(=O)N/N=C\c1ccc(OCc2ccc(Cl)cc2)c(Cl)c1. The van der Waals surface area contributed by atoms with Crippen LogP contribution in [-0.2, 0) is 16.2 Å². The van der Waals surface area contributed by atoms with Gasteiger partial charge in [0.1, 0.15) is 12.4 Å². The van der Waals surface area contributed by atoms with Gasteiger partial charge in [0.15, 0.2) is 0 Å². The highest BCUT2D eigenvalue weighted by Gasteiger charge is 2.11. The molecular weight excluding hydrogens is 401 g/mol. The number of rotatable bonds is 8. The number of hydrogen-bond donors (Lipinski definition) is 2. The van der Waals surface area contributed by atoms with E-state index in [1.54, 1.807) is 30.3 Å². The van der Waals surface area contributed by atoms with Crippen LogP contribution in [0, 0.1) is 0 Å². The van der Waals surface area contributed by atoms with Crippen molar-refractivity contribution in [2.75, 3.05) is 6.54 Å². The molecule has 0 aliphatic heterocycles. The molecular formula is C20H21Cl2N3O3. The molecule has 2 amide bonds. The normalized spacial score (nSPS) is 10.7. The fourth-order valence-electron chi connectivity index (χ4n) is 2.13. The number of carbonyl (C=O) groups excluding carboxylic acids is 2. The van der Waals surface area contributed by atoms with E-state index in [4.69, 9.17) is 27.9 Å². The van der Waals surface area contributed by atoms with Crippen molar-refractivity contribution in [3.8, 4) is 5.75 Å². The van der Waals surface area contributed by atoms with Gasteiger partial charge < -0.3 is 10.1 Å². The van der Waals surface area contributed by atoms with Gasteiger partial charge in [-0.15, -0.1) is 0 Å². The Morgan fingerprint density at radius 2 is 1.86 bits per heavy atom. The quantitative estimate of drug-likeness (QED) is 0.293. The van der Waals surface area contributed by atoms with Crippen LogP contribution in [0.25, 0.3) is 0 Å². The number of hydrazone groups is 1. The Bertz CT molecular complexity index is 839. The maximum Gasteiger partial charge on any atom is 0.329 e. The molecule has 0 unspecified atom stereocenters. The number of amides is 2. The molecule has 2 aromatic rings. The second-order valence-corrected chi connectivity index (χ2v) is 6.76. The number of benzene rings is 2. The predicted molar refractivity (Wildman–Crippen MR) is 111 cm³/mol. The summed E-state index contributed by atoms with van der Waals surface area (Å²) in [7, 11) is 0. The zero-order valence-corrected chi connectivity index (χ0v) is 16.9. The molecule has 0 aliphatic carbocycles. The molecule has 0 atom stereocenters. The van der Waals surface area contributed by atoms with Gasteiger partial charge in [-0.3, -0.25) is 9.59 Å². The van der Waals surface area contributed by atoms with E-state index < -0.39 is 11.8 Å². The van der Waals surface area contributed by atoms with Crippen molar-refractivity contribution < 1.29 is 14.3 Å². The fourth-order valence-corrected chi connectivity index (χ4v) is 2.50. The molecule has 2 rings (SSSR count). The van der Waals surface area contributed by atoms with E-state index in [1.807, 2.05) is 19.1 Å². The molecule has 0 fully saturated rings. The minimum atomic E-state index is -0.818. The van der Waals surface area contributed by atoms with Gasteiger partial charge in [0, 0.05) is 11.6 Å². The van der Waals surface area contributed by atoms with Gasteiger partial charge in [-0.25, -0.2) is 5.43 Å². The molecule has 0 aromatic heterocycles. The molecule has 2 aromatic carbocycles. The highest BCUT2D eigenvalue weighted by molar-refractivity contribution is 6.35. The van der Waals surface area contributed by atoms with Gasteiger partial charge in [0.25, 0.3) is 0 Å². The summed E-state index contributed by atoms with van der Waals surface area (Å²) in [4.78, 5) is 23.1. The van der Waals surface area contributed by atoms with E-state index in [0.717, 1.165) is 18.4 Å². The Hall–Kier alpha value is -2.57. The number of ether oxygens (including phenoxy) is 1. The molecule has 0 aliphatic rings. The number of nitrogens with one attached hydrogen (secondary N) is 2. The minimum Gasteiger partial charge on any atom is -0.487 e. The summed E-state index contributed by atoms with van der Waals surface area (Å²) in [5.74, 6) is -1.01. The Labute approximate surface area is 173 Å². The maximum atomic E-state index is 11.6. The first-order valence-corrected chi connectivity index (χ1v) is 9.53. The summed E-state index contributed by atoms with van der Waals surface area (Å²) in [5.41, 5.74) is 3.79. The number of halogens is 2. The van der Waals surface area contributed by atoms with Gasteiger partial charge in [-0.2, -0.15) is 5.10 Å². The molecule has 0 radical (unpaired) electrons. The third kappa shape index (κ3) is 7.21. The lowest BCUT2D eigenvalue weighted by molar-refractivity contribution is -0.139. The van der Waals surface area contributed by atoms with Gasteiger partial charge in [0.05, 0.1) is 11.2 Å². The zero-order valence-electron chi connectivity index (χ0n) is 15.4. The van der Waals surface area contributed by atoms with Crippen molar-refractivity contribution in [1.29, 1.82) is 0 Å². The molecule has 2 N–H and O–H groups in total.